The maximum atomic E-state index is 10.5. The molecule has 0 spiro atoms. The quantitative estimate of drug-likeness (QED) is 0.780. The SMILES string of the molecule is CC(=O)NCc1ccn(C)n1.CCC. The summed E-state index contributed by atoms with van der Waals surface area (Å²) in [6.45, 7) is 6.25. The van der Waals surface area contributed by atoms with Gasteiger partial charge in [-0.1, -0.05) is 20.3 Å². The average Bonchev–Trinajstić information content (AvgIpc) is 2.49. The Kier molecular flexibility index (Phi) is 6.45. The molecule has 0 bridgehead atoms. The third kappa shape index (κ3) is 6.22. The van der Waals surface area contributed by atoms with Gasteiger partial charge in [0.25, 0.3) is 0 Å². The summed E-state index contributed by atoms with van der Waals surface area (Å²) in [6, 6.07) is 1.87. The van der Waals surface area contributed by atoms with E-state index in [4.69, 9.17) is 0 Å². The molecule has 0 unspecified atom stereocenters. The summed E-state index contributed by atoms with van der Waals surface area (Å²) in [5.41, 5.74) is 0.878. The third-order valence-corrected chi connectivity index (χ3v) is 1.29. The summed E-state index contributed by atoms with van der Waals surface area (Å²) in [7, 11) is 1.84. The number of carbonyl (C=O) groups is 1. The molecular weight excluding hydrogens is 178 g/mol. The molecule has 0 saturated heterocycles. The van der Waals surface area contributed by atoms with Crippen molar-refractivity contribution < 1.29 is 4.79 Å². The Morgan fingerprint density at radius 3 is 2.50 bits per heavy atom. The Balaban J connectivity index is 0.000000500. The summed E-state index contributed by atoms with van der Waals surface area (Å²) >= 11 is 0. The van der Waals surface area contributed by atoms with Gasteiger partial charge in [-0.25, -0.2) is 0 Å². The normalized spacial score (nSPS) is 8.86. The van der Waals surface area contributed by atoms with Crippen LogP contribution in [0.25, 0.3) is 0 Å². The number of hydrogen-bond donors (Lipinski definition) is 1. The van der Waals surface area contributed by atoms with E-state index in [1.54, 1.807) is 4.68 Å². The van der Waals surface area contributed by atoms with Crippen LogP contribution in [-0.2, 0) is 18.4 Å². The van der Waals surface area contributed by atoms with Crippen molar-refractivity contribution in [3.8, 4) is 0 Å². The van der Waals surface area contributed by atoms with Gasteiger partial charge in [-0.15, -0.1) is 0 Å². The van der Waals surface area contributed by atoms with E-state index in [-0.39, 0.29) is 5.91 Å². The highest BCUT2D eigenvalue weighted by Gasteiger charge is 1.96. The van der Waals surface area contributed by atoms with E-state index in [0.29, 0.717) is 6.54 Å². The van der Waals surface area contributed by atoms with Crippen molar-refractivity contribution in [2.24, 2.45) is 7.05 Å². The molecule has 80 valence electrons. The minimum atomic E-state index is -0.0318. The monoisotopic (exact) mass is 197 g/mol. The van der Waals surface area contributed by atoms with Crippen LogP contribution in [0, 0.1) is 0 Å². The van der Waals surface area contributed by atoms with Gasteiger partial charge in [-0.2, -0.15) is 5.10 Å². The maximum absolute atomic E-state index is 10.5. The van der Waals surface area contributed by atoms with Gasteiger partial charge in [0.05, 0.1) is 12.2 Å². The fourth-order valence-corrected chi connectivity index (χ4v) is 0.772. The first-order valence-corrected chi connectivity index (χ1v) is 4.83. The number of nitrogens with one attached hydrogen (secondary N) is 1. The minimum absolute atomic E-state index is 0.0318. The summed E-state index contributed by atoms with van der Waals surface area (Å²) in [5, 5.41) is 6.74. The largest absolute Gasteiger partial charge is 0.351 e. The van der Waals surface area contributed by atoms with E-state index in [9.17, 15) is 4.79 Å². The first-order valence-electron chi connectivity index (χ1n) is 4.83. The second-order valence-electron chi connectivity index (χ2n) is 3.10. The molecule has 0 saturated carbocycles. The van der Waals surface area contributed by atoms with Crippen molar-refractivity contribution in [2.75, 3.05) is 0 Å². The number of carbonyl (C=O) groups excluding carboxylic acids is 1. The molecule has 0 radical (unpaired) electrons. The Morgan fingerprint density at radius 1 is 1.57 bits per heavy atom. The summed E-state index contributed by atoms with van der Waals surface area (Å²) in [6.07, 6.45) is 3.09. The molecule has 0 aliphatic heterocycles. The van der Waals surface area contributed by atoms with Crippen molar-refractivity contribution in [3.63, 3.8) is 0 Å². The lowest BCUT2D eigenvalue weighted by Crippen LogP contribution is -2.19. The van der Waals surface area contributed by atoms with E-state index >= 15 is 0 Å². The van der Waals surface area contributed by atoms with Crippen molar-refractivity contribution in [3.05, 3.63) is 18.0 Å². The van der Waals surface area contributed by atoms with Crippen LogP contribution < -0.4 is 5.32 Å². The average molecular weight is 197 g/mol. The van der Waals surface area contributed by atoms with Crippen molar-refractivity contribution in [1.82, 2.24) is 15.1 Å². The Hall–Kier alpha value is -1.32. The Labute approximate surface area is 85.3 Å². The van der Waals surface area contributed by atoms with Gasteiger partial charge in [-0.3, -0.25) is 9.48 Å². The standard InChI is InChI=1S/C7H11N3O.C3H8/c1-6(11)8-5-7-3-4-10(2)9-7;1-3-2/h3-4H,5H2,1-2H3,(H,8,11);3H2,1-2H3. The van der Waals surface area contributed by atoms with Gasteiger partial charge in [-0.05, 0) is 6.07 Å². The van der Waals surface area contributed by atoms with Crippen LogP contribution in [0.4, 0.5) is 0 Å². The second-order valence-corrected chi connectivity index (χ2v) is 3.10. The number of amides is 1. The summed E-state index contributed by atoms with van der Waals surface area (Å²) in [5.74, 6) is -0.0318. The fraction of sp³-hybridized carbons (Fsp3) is 0.600. The van der Waals surface area contributed by atoms with E-state index in [1.165, 1.54) is 13.3 Å². The Morgan fingerprint density at radius 2 is 2.14 bits per heavy atom. The molecule has 1 heterocycles. The van der Waals surface area contributed by atoms with E-state index in [2.05, 4.69) is 24.3 Å². The highest BCUT2D eigenvalue weighted by atomic mass is 16.1. The van der Waals surface area contributed by atoms with Crippen molar-refractivity contribution in [1.29, 1.82) is 0 Å². The van der Waals surface area contributed by atoms with Crippen LogP contribution >= 0.6 is 0 Å². The highest BCUT2D eigenvalue weighted by molar-refractivity contribution is 5.72. The predicted molar refractivity (Wildman–Crippen MR) is 56.7 cm³/mol. The number of aromatic nitrogens is 2. The molecule has 0 aliphatic rings. The van der Waals surface area contributed by atoms with Crippen LogP contribution in [0.5, 0.6) is 0 Å². The molecule has 0 fully saturated rings. The third-order valence-electron chi connectivity index (χ3n) is 1.29. The molecule has 1 aromatic rings. The van der Waals surface area contributed by atoms with E-state index in [0.717, 1.165) is 5.69 Å². The maximum Gasteiger partial charge on any atom is 0.217 e. The molecule has 4 heteroatoms. The smallest absolute Gasteiger partial charge is 0.217 e. The number of nitrogens with zero attached hydrogens (tertiary/aromatic N) is 2. The van der Waals surface area contributed by atoms with Gasteiger partial charge in [0.2, 0.25) is 5.91 Å². The zero-order chi connectivity index (χ0) is 11.0. The molecular formula is C10H19N3O. The van der Waals surface area contributed by atoms with Crippen LogP contribution in [0.3, 0.4) is 0 Å². The molecule has 0 atom stereocenters. The van der Waals surface area contributed by atoms with Gasteiger partial charge >= 0.3 is 0 Å². The Bertz CT molecular complexity index is 268. The first-order chi connectivity index (χ1) is 6.60. The lowest BCUT2D eigenvalue weighted by molar-refractivity contribution is -0.119. The van der Waals surface area contributed by atoms with Gasteiger partial charge in [0.15, 0.2) is 0 Å². The fourth-order valence-electron chi connectivity index (χ4n) is 0.772. The van der Waals surface area contributed by atoms with E-state index in [1.807, 2.05) is 19.3 Å². The minimum Gasteiger partial charge on any atom is -0.351 e. The molecule has 4 nitrogen and oxygen atoms in total. The zero-order valence-electron chi connectivity index (χ0n) is 9.37. The van der Waals surface area contributed by atoms with Crippen LogP contribution in [0.1, 0.15) is 32.9 Å². The molecule has 1 rings (SSSR count). The number of aryl methyl sites for hydroxylation is 1. The lowest BCUT2D eigenvalue weighted by atomic mass is 10.4. The zero-order valence-corrected chi connectivity index (χ0v) is 9.37. The number of hydrogen-bond acceptors (Lipinski definition) is 2. The predicted octanol–water partition coefficient (Wildman–Crippen LogP) is 1.47. The van der Waals surface area contributed by atoms with E-state index < -0.39 is 0 Å². The first kappa shape index (κ1) is 12.7. The van der Waals surface area contributed by atoms with Gasteiger partial charge < -0.3 is 5.32 Å². The van der Waals surface area contributed by atoms with Gasteiger partial charge in [0, 0.05) is 20.2 Å². The lowest BCUT2D eigenvalue weighted by Gasteiger charge is -1.96. The topological polar surface area (TPSA) is 46.9 Å². The highest BCUT2D eigenvalue weighted by Crippen LogP contribution is 1.91. The molecule has 1 N–H and O–H groups in total. The van der Waals surface area contributed by atoms with Crippen molar-refractivity contribution >= 4 is 5.91 Å². The molecule has 1 aromatic heterocycles. The number of rotatable bonds is 2. The van der Waals surface area contributed by atoms with Crippen LogP contribution in [-0.4, -0.2) is 15.7 Å². The van der Waals surface area contributed by atoms with Crippen molar-refractivity contribution in [2.45, 2.75) is 33.7 Å². The molecule has 1 amide bonds. The summed E-state index contributed by atoms with van der Waals surface area (Å²) in [4.78, 5) is 10.5. The molecule has 0 aromatic carbocycles. The molecule has 0 aliphatic carbocycles. The van der Waals surface area contributed by atoms with Crippen LogP contribution in [0.15, 0.2) is 12.3 Å². The summed E-state index contributed by atoms with van der Waals surface area (Å²) < 4.78 is 1.71. The van der Waals surface area contributed by atoms with Gasteiger partial charge in [0.1, 0.15) is 0 Å². The van der Waals surface area contributed by atoms with Crippen LogP contribution in [0.2, 0.25) is 0 Å². The second kappa shape index (κ2) is 7.12. The molecule has 14 heavy (non-hydrogen) atoms.